The third kappa shape index (κ3) is 7.15. The van der Waals surface area contributed by atoms with E-state index in [0.717, 1.165) is 66.2 Å². The van der Waals surface area contributed by atoms with E-state index in [-0.39, 0.29) is 30.0 Å². The fourth-order valence-corrected chi connectivity index (χ4v) is 3.69. The van der Waals surface area contributed by atoms with Crippen LogP contribution in [0.1, 0.15) is 42.5 Å². The van der Waals surface area contributed by atoms with Crippen molar-refractivity contribution in [1.82, 2.24) is 20.7 Å². The molecular formula is C21H33ClIN5O. The van der Waals surface area contributed by atoms with Crippen molar-refractivity contribution in [2.45, 2.75) is 40.2 Å². The summed E-state index contributed by atoms with van der Waals surface area (Å²) in [7, 11) is 1.78. The lowest BCUT2D eigenvalue weighted by atomic mass is 10.0. The van der Waals surface area contributed by atoms with Gasteiger partial charge in [-0.2, -0.15) is 0 Å². The predicted molar refractivity (Wildman–Crippen MR) is 132 cm³/mol. The highest BCUT2D eigenvalue weighted by molar-refractivity contribution is 14.0. The topological polar surface area (TPSA) is 65.7 Å². The zero-order valence-corrected chi connectivity index (χ0v) is 21.0. The van der Waals surface area contributed by atoms with Crippen molar-refractivity contribution >= 4 is 41.5 Å². The standard InChI is InChI=1S/C21H32ClN5O.HI/c1-6-27(7-2)20(18-10-8-9-11-19(18)22)14-25-21(23-5)24-13-12-17-15(3)26-28-16(17)4;/h8-11,20H,6-7,12-14H2,1-5H3,(H2,23,24,25);1H. The largest absolute Gasteiger partial charge is 0.361 e. The molecule has 0 fully saturated rings. The van der Waals surface area contributed by atoms with Crippen LogP contribution in [-0.2, 0) is 6.42 Å². The summed E-state index contributed by atoms with van der Waals surface area (Å²) in [6.45, 7) is 11.6. The molecule has 0 aliphatic heterocycles. The monoisotopic (exact) mass is 533 g/mol. The number of halogens is 2. The number of hydrogen-bond acceptors (Lipinski definition) is 4. The van der Waals surface area contributed by atoms with Crippen molar-refractivity contribution in [2.24, 2.45) is 4.99 Å². The zero-order valence-electron chi connectivity index (χ0n) is 18.0. The first-order chi connectivity index (χ1) is 13.5. The Labute approximate surface area is 196 Å². The molecule has 0 bridgehead atoms. The van der Waals surface area contributed by atoms with Gasteiger partial charge in [-0.05, 0) is 45.0 Å². The molecule has 0 saturated carbocycles. The minimum atomic E-state index is 0. The van der Waals surface area contributed by atoms with Crippen molar-refractivity contribution in [2.75, 3.05) is 33.2 Å². The van der Waals surface area contributed by atoms with E-state index in [1.807, 2.05) is 32.0 Å². The molecule has 0 saturated heterocycles. The lowest BCUT2D eigenvalue weighted by molar-refractivity contribution is 0.219. The van der Waals surface area contributed by atoms with Gasteiger partial charge in [-0.25, -0.2) is 0 Å². The van der Waals surface area contributed by atoms with E-state index in [0.29, 0.717) is 0 Å². The van der Waals surface area contributed by atoms with Gasteiger partial charge in [0.15, 0.2) is 5.96 Å². The quantitative estimate of drug-likeness (QED) is 0.285. The molecule has 2 N–H and O–H groups in total. The number of aromatic nitrogens is 1. The summed E-state index contributed by atoms with van der Waals surface area (Å²) < 4.78 is 5.23. The number of hydrogen-bond donors (Lipinski definition) is 2. The van der Waals surface area contributed by atoms with Gasteiger partial charge in [0.25, 0.3) is 0 Å². The number of aliphatic imine (C=N–C) groups is 1. The van der Waals surface area contributed by atoms with Crippen LogP contribution in [0, 0.1) is 13.8 Å². The summed E-state index contributed by atoms with van der Waals surface area (Å²) in [6, 6.07) is 8.22. The van der Waals surface area contributed by atoms with Crippen LogP contribution in [0.25, 0.3) is 0 Å². The highest BCUT2D eigenvalue weighted by atomic mass is 127. The van der Waals surface area contributed by atoms with Gasteiger partial charge in [-0.1, -0.05) is 48.8 Å². The highest BCUT2D eigenvalue weighted by Gasteiger charge is 2.20. The second-order valence-corrected chi connectivity index (χ2v) is 7.10. The average Bonchev–Trinajstić information content (AvgIpc) is 3.02. The van der Waals surface area contributed by atoms with Gasteiger partial charge in [0, 0.05) is 30.7 Å². The SMILES string of the molecule is CCN(CC)C(CNC(=NC)NCCc1c(C)noc1C)c1ccccc1Cl.I. The summed E-state index contributed by atoms with van der Waals surface area (Å²) in [5, 5.41) is 11.6. The number of likely N-dealkylation sites (N-methyl/N-ethyl adjacent to an activating group) is 1. The van der Waals surface area contributed by atoms with E-state index < -0.39 is 0 Å². The summed E-state index contributed by atoms with van der Waals surface area (Å²) in [5.41, 5.74) is 3.23. The molecule has 0 aliphatic rings. The number of aryl methyl sites for hydroxylation is 2. The summed E-state index contributed by atoms with van der Waals surface area (Å²) >= 11 is 6.48. The molecule has 1 aromatic carbocycles. The molecule has 0 amide bonds. The lowest BCUT2D eigenvalue weighted by Crippen LogP contribution is -2.43. The molecule has 1 unspecified atom stereocenters. The zero-order chi connectivity index (χ0) is 20.5. The molecule has 2 aromatic rings. The van der Waals surface area contributed by atoms with Gasteiger partial charge in [-0.3, -0.25) is 9.89 Å². The minimum Gasteiger partial charge on any atom is -0.361 e. The van der Waals surface area contributed by atoms with Gasteiger partial charge in [-0.15, -0.1) is 24.0 Å². The van der Waals surface area contributed by atoms with Gasteiger partial charge >= 0.3 is 0 Å². The van der Waals surface area contributed by atoms with Crippen molar-refractivity contribution < 1.29 is 4.52 Å². The Kier molecular flexibility index (Phi) is 11.6. The number of nitrogens with zero attached hydrogens (tertiary/aromatic N) is 3. The van der Waals surface area contributed by atoms with Crippen LogP contribution in [0.5, 0.6) is 0 Å². The molecular weight excluding hydrogens is 501 g/mol. The van der Waals surface area contributed by atoms with Crippen LogP contribution in [0.3, 0.4) is 0 Å². The first-order valence-corrected chi connectivity index (χ1v) is 10.2. The van der Waals surface area contributed by atoms with Crippen LogP contribution in [0.2, 0.25) is 5.02 Å². The maximum Gasteiger partial charge on any atom is 0.191 e. The smallest absolute Gasteiger partial charge is 0.191 e. The summed E-state index contributed by atoms with van der Waals surface area (Å²) in [6.07, 6.45) is 0.839. The molecule has 0 radical (unpaired) electrons. The first kappa shape index (κ1) is 25.7. The Bertz CT molecular complexity index is 757. The van der Waals surface area contributed by atoms with Crippen molar-refractivity contribution in [1.29, 1.82) is 0 Å². The Balaban J connectivity index is 0.00000420. The Hall–Kier alpha value is -1.32. The molecule has 1 aromatic heterocycles. The number of nitrogens with one attached hydrogen (secondary N) is 2. The molecule has 1 heterocycles. The van der Waals surface area contributed by atoms with Gasteiger partial charge in [0.1, 0.15) is 5.76 Å². The summed E-state index contributed by atoms with van der Waals surface area (Å²) in [4.78, 5) is 6.75. The Morgan fingerprint density at radius 2 is 1.90 bits per heavy atom. The van der Waals surface area contributed by atoms with Gasteiger partial charge < -0.3 is 15.2 Å². The molecule has 2 rings (SSSR count). The van der Waals surface area contributed by atoms with Gasteiger partial charge in [0.2, 0.25) is 0 Å². The van der Waals surface area contributed by atoms with Crippen molar-refractivity contribution in [3.8, 4) is 0 Å². The van der Waals surface area contributed by atoms with Crippen molar-refractivity contribution in [3.05, 3.63) is 51.9 Å². The molecule has 162 valence electrons. The second kappa shape index (κ2) is 13.1. The minimum absolute atomic E-state index is 0. The number of rotatable bonds is 9. The first-order valence-electron chi connectivity index (χ1n) is 9.86. The van der Waals surface area contributed by atoms with E-state index >= 15 is 0 Å². The Morgan fingerprint density at radius 1 is 1.21 bits per heavy atom. The van der Waals surface area contributed by atoms with Crippen LogP contribution in [0.4, 0.5) is 0 Å². The average molecular weight is 534 g/mol. The molecule has 29 heavy (non-hydrogen) atoms. The second-order valence-electron chi connectivity index (χ2n) is 6.69. The van der Waals surface area contributed by atoms with E-state index in [9.17, 15) is 0 Å². The van der Waals surface area contributed by atoms with E-state index in [1.165, 1.54) is 0 Å². The molecule has 8 heteroatoms. The van der Waals surface area contributed by atoms with E-state index in [1.54, 1.807) is 7.05 Å². The van der Waals surface area contributed by atoms with E-state index in [2.05, 4.69) is 45.6 Å². The maximum absolute atomic E-state index is 6.48. The van der Waals surface area contributed by atoms with E-state index in [4.69, 9.17) is 16.1 Å². The third-order valence-electron chi connectivity index (χ3n) is 5.05. The fourth-order valence-electron chi connectivity index (χ4n) is 3.42. The fraction of sp³-hybridized carbons (Fsp3) is 0.524. The van der Waals surface area contributed by atoms with Crippen LogP contribution < -0.4 is 10.6 Å². The predicted octanol–water partition coefficient (Wildman–Crippen LogP) is 4.35. The maximum atomic E-state index is 6.48. The molecule has 1 atom stereocenters. The number of benzene rings is 1. The lowest BCUT2D eigenvalue weighted by Gasteiger charge is -2.31. The Morgan fingerprint density at radius 3 is 2.45 bits per heavy atom. The van der Waals surface area contributed by atoms with Crippen LogP contribution in [-0.4, -0.2) is 49.2 Å². The third-order valence-corrected chi connectivity index (χ3v) is 5.40. The molecule has 0 aliphatic carbocycles. The highest BCUT2D eigenvalue weighted by Crippen LogP contribution is 2.26. The van der Waals surface area contributed by atoms with Crippen LogP contribution in [0.15, 0.2) is 33.8 Å². The number of guanidine groups is 1. The normalized spacial score (nSPS) is 12.6. The van der Waals surface area contributed by atoms with Crippen LogP contribution >= 0.6 is 35.6 Å². The summed E-state index contributed by atoms with van der Waals surface area (Å²) in [5.74, 6) is 1.65. The molecule has 6 nitrogen and oxygen atoms in total. The molecule has 0 spiro atoms. The van der Waals surface area contributed by atoms with Crippen molar-refractivity contribution in [3.63, 3.8) is 0 Å². The van der Waals surface area contributed by atoms with Gasteiger partial charge in [0.05, 0.1) is 11.7 Å².